The Labute approximate surface area is 138 Å². The second kappa shape index (κ2) is 7.65. The van der Waals surface area contributed by atoms with Gasteiger partial charge in [-0.25, -0.2) is 0 Å². The molecule has 21 heavy (non-hydrogen) atoms. The van der Waals surface area contributed by atoms with Crippen molar-refractivity contribution in [2.24, 2.45) is 17.8 Å². The molecule has 0 N–H and O–H groups in total. The summed E-state index contributed by atoms with van der Waals surface area (Å²) in [5.41, 5.74) is 0.695. The molecule has 0 aromatic heterocycles. The molecule has 0 heterocycles. The Hall–Kier alpha value is -0.520. The molecule has 0 unspecified atom stereocenters. The van der Waals surface area contributed by atoms with Gasteiger partial charge in [-0.3, -0.25) is 0 Å². The van der Waals surface area contributed by atoms with Gasteiger partial charge < -0.3 is 0 Å². The number of carbonyl (C=O) groups is 1. The third kappa shape index (κ3) is 4.47. The zero-order valence-corrected chi connectivity index (χ0v) is 15.8. The zero-order valence-electron chi connectivity index (χ0n) is 13.5. The number of benzene rings is 1. The van der Waals surface area contributed by atoms with Crippen molar-refractivity contribution < 1.29 is 9.53 Å². The van der Waals surface area contributed by atoms with Crippen LogP contribution in [0.1, 0.15) is 50.4 Å². The Bertz CT molecular complexity index is 467. The fourth-order valence-corrected chi connectivity index (χ4v) is 4.35. The SMILES string of the molecule is C[Te]c1ccc(C(=O)O[C@@H]2C[C@H](C)CC[C@H]2C(C)C)cc1. The molecule has 1 fully saturated rings. The standard InChI is InChI=1S/C18H26O2Te/c1-12(2)16-10-5-13(3)11-17(16)20-18(19)14-6-8-15(21-4)9-7-14/h6-9,12-13,16-17H,5,10-11H2,1-4H3/t13-,16+,17-/m1/s1. The van der Waals surface area contributed by atoms with Crippen molar-refractivity contribution in [3.05, 3.63) is 29.8 Å². The fourth-order valence-electron chi connectivity index (χ4n) is 3.18. The van der Waals surface area contributed by atoms with E-state index in [2.05, 4.69) is 37.9 Å². The van der Waals surface area contributed by atoms with Crippen LogP contribution in [0.3, 0.4) is 0 Å². The van der Waals surface area contributed by atoms with Crippen LogP contribution in [0.2, 0.25) is 4.97 Å². The summed E-state index contributed by atoms with van der Waals surface area (Å²) in [6, 6.07) is 7.98. The summed E-state index contributed by atoms with van der Waals surface area (Å²) in [4.78, 5) is 14.6. The third-order valence-corrected chi connectivity index (χ3v) is 6.67. The van der Waals surface area contributed by atoms with E-state index in [1.165, 1.54) is 16.5 Å². The van der Waals surface area contributed by atoms with Gasteiger partial charge in [0.25, 0.3) is 0 Å². The van der Waals surface area contributed by atoms with Crippen LogP contribution in [-0.2, 0) is 4.74 Å². The van der Waals surface area contributed by atoms with Crippen molar-refractivity contribution in [2.75, 3.05) is 0 Å². The molecule has 1 saturated carbocycles. The summed E-state index contributed by atoms with van der Waals surface area (Å²) in [6.45, 7) is 6.74. The summed E-state index contributed by atoms with van der Waals surface area (Å²) in [7, 11) is 0. The maximum atomic E-state index is 12.4. The van der Waals surface area contributed by atoms with E-state index in [9.17, 15) is 4.79 Å². The van der Waals surface area contributed by atoms with E-state index in [0.717, 1.165) is 6.42 Å². The minimum atomic E-state index is -0.150. The summed E-state index contributed by atoms with van der Waals surface area (Å²) in [5, 5.41) is 0. The summed E-state index contributed by atoms with van der Waals surface area (Å²) in [5.74, 6) is 1.59. The molecule has 0 bridgehead atoms. The van der Waals surface area contributed by atoms with Crippen LogP contribution < -0.4 is 3.61 Å². The van der Waals surface area contributed by atoms with Crippen LogP contribution in [0.25, 0.3) is 0 Å². The van der Waals surface area contributed by atoms with Crippen molar-refractivity contribution >= 4 is 30.5 Å². The molecule has 3 atom stereocenters. The van der Waals surface area contributed by atoms with Gasteiger partial charge in [-0.05, 0) is 0 Å². The molecule has 0 amide bonds. The van der Waals surface area contributed by atoms with E-state index < -0.39 is 0 Å². The Morgan fingerprint density at radius 3 is 2.48 bits per heavy atom. The normalized spacial score (nSPS) is 25.9. The van der Waals surface area contributed by atoms with Crippen LogP contribution in [0.15, 0.2) is 24.3 Å². The number of carbonyl (C=O) groups excluding carboxylic acids is 1. The van der Waals surface area contributed by atoms with E-state index in [1.54, 1.807) is 0 Å². The van der Waals surface area contributed by atoms with Gasteiger partial charge in [-0.2, -0.15) is 0 Å². The Kier molecular flexibility index (Phi) is 6.14. The quantitative estimate of drug-likeness (QED) is 0.568. The fraction of sp³-hybridized carbons (Fsp3) is 0.611. The second-order valence-electron chi connectivity index (χ2n) is 6.50. The van der Waals surface area contributed by atoms with Crippen LogP contribution in [-0.4, -0.2) is 33.0 Å². The maximum absolute atomic E-state index is 12.4. The van der Waals surface area contributed by atoms with E-state index >= 15 is 0 Å². The predicted molar refractivity (Wildman–Crippen MR) is 88.2 cm³/mol. The molecule has 1 aliphatic carbocycles. The van der Waals surface area contributed by atoms with Gasteiger partial charge in [-0.1, -0.05) is 0 Å². The topological polar surface area (TPSA) is 26.3 Å². The van der Waals surface area contributed by atoms with Crippen molar-refractivity contribution in [3.63, 3.8) is 0 Å². The van der Waals surface area contributed by atoms with Gasteiger partial charge >= 0.3 is 139 Å². The number of rotatable bonds is 4. The summed E-state index contributed by atoms with van der Waals surface area (Å²) < 4.78 is 7.24. The van der Waals surface area contributed by atoms with E-state index in [0.29, 0.717) is 23.3 Å². The predicted octanol–water partition coefficient (Wildman–Crippen LogP) is 3.68. The molecule has 0 radical (unpaired) electrons. The van der Waals surface area contributed by atoms with Gasteiger partial charge in [0.15, 0.2) is 0 Å². The Balaban J connectivity index is 2.04. The Morgan fingerprint density at radius 1 is 1.24 bits per heavy atom. The van der Waals surface area contributed by atoms with Crippen molar-refractivity contribution in [1.82, 2.24) is 0 Å². The molecule has 1 aliphatic rings. The summed E-state index contributed by atoms with van der Waals surface area (Å²) in [6.07, 6.45) is 3.53. The molecule has 1 aromatic rings. The van der Waals surface area contributed by atoms with Crippen LogP contribution >= 0.6 is 0 Å². The van der Waals surface area contributed by atoms with E-state index in [-0.39, 0.29) is 33.0 Å². The van der Waals surface area contributed by atoms with Crippen LogP contribution in [0.4, 0.5) is 0 Å². The van der Waals surface area contributed by atoms with Gasteiger partial charge in [0, 0.05) is 0 Å². The molecule has 0 spiro atoms. The van der Waals surface area contributed by atoms with Crippen LogP contribution in [0, 0.1) is 17.8 Å². The molecule has 2 rings (SSSR count). The van der Waals surface area contributed by atoms with Crippen molar-refractivity contribution in [1.29, 1.82) is 0 Å². The average molecular weight is 402 g/mol. The van der Waals surface area contributed by atoms with Crippen molar-refractivity contribution in [3.8, 4) is 0 Å². The average Bonchev–Trinajstić information content (AvgIpc) is 2.47. The molecule has 0 saturated heterocycles. The number of hydrogen-bond acceptors (Lipinski definition) is 2. The first-order chi connectivity index (χ1) is 10.0. The molecule has 3 heteroatoms. The molecule has 0 aliphatic heterocycles. The summed E-state index contributed by atoms with van der Waals surface area (Å²) >= 11 is -0.0798. The minimum absolute atomic E-state index is 0.0798. The second-order valence-corrected chi connectivity index (χ2v) is 9.01. The first kappa shape index (κ1) is 16.8. The van der Waals surface area contributed by atoms with E-state index in [4.69, 9.17) is 4.74 Å². The number of hydrogen-bond donors (Lipinski definition) is 0. The molecular weight excluding hydrogens is 376 g/mol. The Morgan fingerprint density at radius 2 is 1.90 bits per heavy atom. The van der Waals surface area contributed by atoms with Gasteiger partial charge in [0.1, 0.15) is 0 Å². The molecule has 1 aromatic carbocycles. The van der Waals surface area contributed by atoms with Gasteiger partial charge in [-0.15, -0.1) is 0 Å². The molecular formula is C18H26O2Te. The van der Waals surface area contributed by atoms with Gasteiger partial charge in [0.2, 0.25) is 0 Å². The van der Waals surface area contributed by atoms with Crippen LogP contribution in [0.5, 0.6) is 0 Å². The first-order valence-electron chi connectivity index (χ1n) is 7.86. The zero-order chi connectivity index (χ0) is 15.4. The first-order valence-corrected chi connectivity index (χ1v) is 11.4. The number of esters is 1. The van der Waals surface area contributed by atoms with Crippen molar-refractivity contribution in [2.45, 2.75) is 51.1 Å². The molecule has 2 nitrogen and oxygen atoms in total. The van der Waals surface area contributed by atoms with Gasteiger partial charge in [0.05, 0.1) is 0 Å². The molecule has 116 valence electrons. The monoisotopic (exact) mass is 404 g/mol. The third-order valence-electron chi connectivity index (χ3n) is 4.55. The van der Waals surface area contributed by atoms with E-state index in [1.807, 2.05) is 12.1 Å². The number of ether oxygens (including phenoxy) is 1.